The molecule has 9 heteroatoms. The van der Waals surface area contributed by atoms with Gasteiger partial charge in [0.2, 0.25) is 11.8 Å². The van der Waals surface area contributed by atoms with E-state index in [9.17, 15) is 14.4 Å². The van der Waals surface area contributed by atoms with Crippen LogP contribution in [0.5, 0.6) is 0 Å². The summed E-state index contributed by atoms with van der Waals surface area (Å²) in [6.45, 7) is 6.89. The summed E-state index contributed by atoms with van der Waals surface area (Å²) in [5, 5.41) is 2.49. The van der Waals surface area contributed by atoms with Gasteiger partial charge in [-0.3, -0.25) is 30.6 Å². The Labute approximate surface area is 186 Å². The van der Waals surface area contributed by atoms with Gasteiger partial charge in [0.25, 0.3) is 5.91 Å². The summed E-state index contributed by atoms with van der Waals surface area (Å²) in [6, 6.07) is 10.8. The lowest BCUT2D eigenvalue weighted by atomic mass is 9.87. The Balaban J connectivity index is 1.45. The van der Waals surface area contributed by atoms with Crippen LogP contribution in [-0.2, 0) is 21.5 Å². The molecule has 1 aliphatic rings. The SMILES string of the molecule is CC(C)(C)c1ccc(C(=O)NC(=S)NNC(=O)C2CC(=O)N(Cc3ccco3)C2)cc1. The van der Waals surface area contributed by atoms with Gasteiger partial charge < -0.3 is 9.32 Å². The van der Waals surface area contributed by atoms with Crippen molar-refractivity contribution >= 4 is 35.1 Å². The number of amides is 3. The third kappa shape index (κ3) is 5.91. The maximum atomic E-state index is 12.4. The van der Waals surface area contributed by atoms with Crippen molar-refractivity contribution in [2.45, 2.75) is 39.2 Å². The van der Waals surface area contributed by atoms with Crippen LogP contribution in [0.3, 0.4) is 0 Å². The number of benzene rings is 1. The molecule has 2 aromatic rings. The molecule has 3 rings (SSSR count). The molecule has 1 aromatic heterocycles. The first kappa shape index (κ1) is 22.5. The molecule has 0 aliphatic carbocycles. The number of hydrogen-bond donors (Lipinski definition) is 3. The van der Waals surface area contributed by atoms with Crippen molar-refractivity contribution < 1.29 is 18.8 Å². The van der Waals surface area contributed by atoms with Crippen molar-refractivity contribution in [1.29, 1.82) is 0 Å². The lowest BCUT2D eigenvalue weighted by molar-refractivity contribution is -0.129. The van der Waals surface area contributed by atoms with Crippen molar-refractivity contribution in [3.63, 3.8) is 0 Å². The number of rotatable bonds is 4. The molecule has 8 nitrogen and oxygen atoms in total. The van der Waals surface area contributed by atoms with E-state index in [1.54, 1.807) is 29.2 Å². The van der Waals surface area contributed by atoms with E-state index < -0.39 is 5.92 Å². The number of furan rings is 1. The Morgan fingerprint density at radius 1 is 1.16 bits per heavy atom. The molecule has 3 amide bonds. The molecule has 1 fully saturated rings. The molecule has 1 atom stereocenters. The maximum absolute atomic E-state index is 12.4. The van der Waals surface area contributed by atoms with Gasteiger partial charge in [0.05, 0.1) is 18.7 Å². The Morgan fingerprint density at radius 2 is 1.87 bits per heavy atom. The molecule has 1 aromatic carbocycles. The minimum absolute atomic E-state index is 0.00863. The van der Waals surface area contributed by atoms with Crippen LogP contribution in [0.1, 0.15) is 48.9 Å². The van der Waals surface area contributed by atoms with Crippen molar-refractivity contribution in [3.05, 3.63) is 59.5 Å². The number of thiocarbonyl (C=S) groups is 1. The van der Waals surface area contributed by atoms with E-state index in [4.69, 9.17) is 16.6 Å². The second kappa shape index (κ2) is 9.30. The molecule has 1 unspecified atom stereocenters. The topological polar surface area (TPSA) is 104 Å². The van der Waals surface area contributed by atoms with E-state index >= 15 is 0 Å². The van der Waals surface area contributed by atoms with Crippen molar-refractivity contribution in [1.82, 2.24) is 21.1 Å². The second-order valence-corrected chi connectivity index (χ2v) is 8.89. The average Bonchev–Trinajstić information content (AvgIpc) is 3.36. The second-order valence-electron chi connectivity index (χ2n) is 8.48. The van der Waals surface area contributed by atoms with Gasteiger partial charge in [-0.1, -0.05) is 32.9 Å². The Morgan fingerprint density at radius 3 is 2.48 bits per heavy atom. The zero-order valence-electron chi connectivity index (χ0n) is 17.7. The highest BCUT2D eigenvalue weighted by Gasteiger charge is 2.34. The van der Waals surface area contributed by atoms with Gasteiger partial charge in [0.15, 0.2) is 5.11 Å². The molecule has 1 aliphatic heterocycles. The minimum atomic E-state index is -0.515. The molecule has 31 heavy (non-hydrogen) atoms. The lowest BCUT2D eigenvalue weighted by Gasteiger charge is -2.19. The highest BCUT2D eigenvalue weighted by molar-refractivity contribution is 7.80. The van der Waals surface area contributed by atoms with Crippen LogP contribution < -0.4 is 16.2 Å². The Hall–Kier alpha value is -3.20. The molecular formula is C22H26N4O4S. The molecule has 1 saturated heterocycles. The summed E-state index contributed by atoms with van der Waals surface area (Å²) in [6.07, 6.45) is 1.64. The molecule has 0 spiro atoms. The smallest absolute Gasteiger partial charge is 0.257 e. The van der Waals surface area contributed by atoms with Crippen LogP contribution in [0, 0.1) is 5.92 Å². The summed E-state index contributed by atoms with van der Waals surface area (Å²) >= 11 is 5.08. The Kier molecular flexibility index (Phi) is 6.74. The predicted octanol–water partition coefficient (Wildman–Crippen LogP) is 2.26. The zero-order chi connectivity index (χ0) is 22.6. The number of carbonyl (C=O) groups excluding carboxylic acids is 3. The maximum Gasteiger partial charge on any atom is 0.257 e. The van der Waals surface area contributed by atoms with Gasteiger partial charge in [-0.05, 0) is 47.5 Å². The predicted molar refractivity (Wildman–Crippen MR) is 119 cm³/mol. The number of nitrogens with zero attached hydrogens (tertiary/aromatic N) is 1. The normalized spacial score (nSPS) is 16.2. The standard InChI is InChI=1S/C22H26N4O4S/c1-22(2,3)16-8-6-14(7-9-16)19(28)23-21(31)25-24-20(29)15-11-18(27)26(12-15)13-17-5-4-10-30-17/h4-10,15H,11-13H2,1-3H3,(H,24,29)(H2,23,25,28,31). The average molecular weight is 443 g/mol. The number of hydrogen-bond acceptors (Lipinski definition) is 5. The van der Waals surface area contributed by atoms with Crippen molar-refractivity contribution in [2.24, 2.45) is 5.92 Å². The summed E-state index contributed by atoms with van der Waals surface area (Å²) < 4.78 is 5.25. The molecule has 0 saturated carbocycles. The third-order valence-corrected chi connectivity index (χ3v) is 5.26. The van der Waals surface area contributed by atoms with E-state index in [2.05, 4.69) is 36.9 Å². The van der Waals surface area contributed by atoms with E-state index in [0.29, 0.717) is 17.9 Å². The Bertz CT molecular complexity index is 964. The first-order valence-corrected chi connectivity index (χ1v) is 10.4. The van der Waals surface area contributed by atoms with Gasteiger partial charge >= 0.3 is 0 Å². The first-order valence-electron chi connectivity index (χ1n) is 9.95. The quantitative estimate of drug-likeness (QED) is 0.496. The van der Waals surface area contributed by atoms with Gasteiger partial charge in [0.1, 0.15) is 5.76 Å². The summed E-state index contributed by atoms with van der Waals surface area (Å²) in [5.41, 5.74) is 6.55. The van der Waals surface area contributed by atoms with E-state index in [-0.39, 0.29) is 41.2 Å². The molecule has 164 valence electrons. The highest BCUT2D eigenvalue weighted by atomic mass is 32.1. The van der Waals surface area contributed by atoms with Crippen LogP contribution in [0.4, 0.5) is 0 Å². The number of nitrogens with one attached hydrogen (secondary N) is 3. The molecule has 0 radical (unpaired) electrons. The van der Waals surface area contributed by atoms with Crippen LogP contribution in [0.25, 0.3) is 0 Å². The van der Waals surface area contributed by atoms with E-state index in [1.165, 1.54) is 6.26 Å². The van der Waals surface area contributed by atoms with Crippen LogP contribution in [-0.4, -0.2) is 34.3 Å². The summed E-state index contributed by atoms with van der Waals surface area (Å²) in [5.74, 6) is -0.731. The van der Waals surface area contributed by atoms with Crippen LogP contribution in [0.2, 0.25) is 0 Å². The van der Waals surface area contributed by atoms with E-state index in [0.717, 1.165) is 5.56 Å². The molecular weight excluding hydrogens is 416 g/mol. The van der Waals surface area contributed by atoms with Crippen LogP contribution in [0.15, 0.2) is 47.1 Å². The molecule has 0 bridgehead atoms. The van der Waals surface area contributed by atoms with E-state index in [1.807, 2.05) is 12.1 Å². The van der Waals surface area contributed by atoms with Gasteiger partial charge in [0, 0.05) is 18.5 Å². The van der Waals surface area contributed by atoms with Gasteiger partial charge in [-0.2, -0.15) is 0 Å². The van der Waals surface area contributed by atoms with Gasteiger partial charge in [-0.25, -0.2) is 0 Å². The fourth-order valence-corrected chi connectivity index (χ4v) is 3.38. The van der Waals surface area contributed by atoms with Crippen LogP contribution >= 0.6 is 12.2 Å². The fraction of sp³-hybridized carbons (Fsp3) is 0.364. The molecule has 2 heterocycles. The summed E-state index contributed by atoms with van der Waals surface area (Å²) in [7, 11) is 0. The zero-order valence-corrected chi connectivity index (χ0v) is 18.5. The van der Waals surface area contributed by atoms with Gasteiger partial charge in [-0.15, -0.1) is 0 Å². The number of hydrazine groups is 1. The van der Waals surface area contributed by atoms with Crippen molar-refractivity contribution in [2.75, 3.05) is 6.54 Å². The first-order chi connectivity index (χ1) is 14.6. The fourth-order valence-electron chi connectivity index (χ4n) is 3.24. The molecule has 3 N–H and O–H groups in total. The lowest BCUT2D eigenvalue weighted by Crippen LogP contribution is -2.50. The third-order valence-electron chi connectivity index (χ3n) is 5.05. The number of carbonyl (C=O) groups is 3. The van der Waals surface area contributed by atoms with Crippen molar-refractivity contribution in [3.8, 4) is 0 Å². The number of likely N-dealkylation sites (tertiary alicyclic amines) is 1. The minimum Gasteiger partial charge on any atom is -0.467 e. The highest BCUT2D eigenvalue weighted by Crippen LogP contribution is 2.22. The monoisotopic (exact) mass is 442 g/mol. The summed E-state index contributed by atoms with van der Waals surface area (Å²) in [4.78, 5) is 38.4. The largest absolute Gasteiger partial charge is 0.467 e.